The SMILES string of the molecule is O=C(O)Oc1ccnc(C=S)n1. The number of hydrogen-bond donors (Lipinski definition) is 1. The van der Waals surface area contributed by atoms with Crippen LogP contribution < -0.4 is 4.74 Å². The van der Waals surface area contributed by atoms with Crippen LogP contribution in [0, 0.1) is 0 Å². The summed E-state index contributed by atoms with van der Waals surface area (Å²) in [5.74, 6) is 0.220. The van der Waals surface area contributed by atoms with Crippen LogP contribution in [0.15, 0.2) is 12.3 Å². The van der Waals surface area contributed by atoms with Crippen LogP contribution in [0.3, 0.4) is 0 Å². The summed E-state index contributed by atoms with van der Waals surface area (Å²) in [5, 5.41) is 9.44. The van der Waals surface area contributed by atoms with Gasteiger partial charge in [-0.15, -0.1) is 0 Å². The van der Waals surface area contributed by atoms with Crippen LogP contribution in [0.4, 0.5) is 4.79 Å². The molecule has 0 fully saturated rings. The Labute approximate surface area is 73.0 Å². The monoisotopic (exact) mass is 184 g/mol. The third-order valence-electron chi connectivity index (χ3n) is 0.946. The van der Waals surface area contributed by atoms with Gasteiger partial charge in [-0.25, -0.2) is 9.78 Å². The Balaban J connectivity index is 2.86. The zero-order valence-corrected chi connectivity index (χ0v) is 6.61. The van der Waals surface area contributed by atoms with Gasteiger partial charge in [0.1, 0.15) is 0 Å². The molecule has 0 spiro atoms. The number of rotatable bonds is 2. The molecule has 62 valence electrons. The van der Waals surface area contributed by atoms with Crippen LogP contribution in [0.1, 0.15) is 5.82 Å². The van der Waals surface area contributed by atoms with E-state index in [4.69, 9.17) is 5.11 Å². The largest absolute Gasteiger partial charge is 0.512 e. The summed E-state index contributed by atoms with van der Waals surface area (Å²) < 4.78 is 4.26. The van der Waals surface area contributed by atoms with Crippen LogP contribution in [-0.2, 0) is 0 Å². The maximum Gasteiger partial charge on any atom is 0.512 e. The lowest BCUT2D eigenvalue weighted by Crippen LogP contribution is -2.05. The third kappa shape index (κ3) is 2.24. The third-order valence-corrected chi connectivity index (χ3v) is 1.16. The molecule has 0 amide bonds. The molecule has 0 saturated heterocycles. The van der Waals surface area contributed by atoms with Gasteiger partial charge in [-0.05, 0) is 0 Å². The highest BCUT2D eigenvalue weighted by molar-refractivity contribution is 7.79. The maximum atomic E-state index is 10.0. The lowest BCUT2D eigenvalue weighted by Gasteiger charge is -1.97. The molecule has 0 aliphatic rings. The average molecular weight is 184 g/mol. The molecule has 0 unspecified atom stereocenters. The van der Waals surface area contributed by atoms with Crippen molar-refractivity contribution in [3.05, 3.63) is 18.1 Å². The lowest BCUT2D eigenvalue weighted by molar-refractivity contribution is 0.142. The summed E-state index contributed by atoms with van der Waals surface area (Å²) >= 11 is 4.54. The first-order valence-electron chi connectivity index (χ1n) is 2.91. The van der Waals surface area contributed by atoms with Crippen molar-refractivity contribution in [2.45, 2.75) is 0 Å². The van der Waals surface area contributed by atoms with E-state index >= 15 is 0 Å². The second-order valence-electron chi connectivity index (χ2n) is 1.74. The minimum atomic E-state index is -1.41. The Bertz CT molecular complexity index is 315. The number of thiocarbonyl (C=S) groups is 1. The second-order valence-corrected chi connectivity index (χ2v) is 1.97. The molecular weight excluding hydrogens is 180 g/mol. The Hall–Kier alpha value is -1.56. The maximum absolute atomic E-state index is 10.0. The number of carboxylic acid groups (broad SMARTS) is 1. The predicted molar refractivity (Wildman–Crippen MR) is 43.4 cm³/mol. The minimum absolute atomic E-state index is 0.0337. The molecule has 0 radical (unpaired) electrons. The topological polar surface area (TPSA) is 72.3 Å². The average Bonchev–Trinajstić information content (AvgIpc) is 2.03. The van der Waals surface area contributed by atoms with Crippen LogP contribution in [-0.4, -0.2) is 26.6 Å². The van der Waals surface area contributed by atoms with Crippen molar-refractivity contribution in [3.63, 3.8) is 0 Å². The van der Waals surface area contributed by atoms with Gasteiger partial charge in [0.2, 0.25) is 5.88 Å². The summed E-state index contributed by atoms with van der Waals surface area (Å²) in [6.07, 6.45) is -0.0485. The fourth-order valence-corrected chi connectivity index (χ4v) is 0.673. The van der Waals surface area contributed by atoms with Gasteiger partial charge in [-0.2, -0.15) is 4.98 Å². The van der Waals surface area contributed by atoms with Gasteiger partial charge in [-0.3, -0.25) is 0 Å². The highest BCUT2D eigenvalue weighted by Crippen LogP contribution is 2.03. The molecule has 0 atom stereocenters. The lowest BCUT2D eigenvalue weighted by atomic mass is 10.6. The van der Waals surface area contributed by atoms with Gasteiger partial charge in [-0.1, -0.05) is 12.2 Å². The van der Waals surface area contributed by atoms with Gasteiger partial charge in [0.25, 0.3) is 0 Å². The van der Waals surface area contributed by atoms with Gasteiger partial charge < -0.3 is 9.84 Å². The highest BCUT2D eigenvalue weighted by atomic mass is 32.1. The summed E-state index contributed by atoms with van der Waals surface area (Å²) in [6.45, 7) is 0. The molecule has 0 bridgehead atoms. The zero-order valence-electron chi connectivity index (χ0n) is 5.80. The van der Waals surface area contributed by atoms with Crippen LogP contribution in [0.5, 0.6) is 5.88 Å². The summed E-state index contributed by atoms with van der Waals surface area (Å²) in [4.78, 5) is 17.4. The molecule has 0 aliphatic heterocycles. The molecule has 1 heterocycles. The first-order chi connectivity index (χ1) is 5.72. The first kappa shape index (κ1) is 8.54. The number of nitrogens with zero attached hydrogens (tertiary/aromatic N) is 2. The van der Waals surface area contributed by atoms with Crippen molar-refractivity contribution in [1.82, 2.24) is 9.97 Å². The van der Waals surface area contributed by atoms with E-state index in [2.05, 4.69) is 26.9 Å². The van der Waals surface area contributed by atoms with Crippen molar-refractivity contribution < 1.29 is 14.6 Å². The first-order valence-corrected chi connectivity index (χ1v) is 3.38. The Morgan fingerprint density at radius 2 is 2.50 bits per heavy atom. The van der Waals surface area contributed by atoms with E-state index in [1.165, 1.54) is 17.6 Å². The molecule has 1 rings (SSSR count). The number of hydrogen-bond acceptors (Lipinski definition) is 5. The van der Waals surface area contributed by atoms with Crippen LogP contribution in [0.2, 0.25) is 0 Å². The second kappa shape index (κ2) is 3.72. The van der Waals surface area contributed by atoms with Crippen molar-refractivity contribution in [3.8, 4) is 5.88 Å². The van der Waals surface area contributed by atoms with E-state index < -0.39 is 6.16 Å². The number of ether oxygens (including phenoxy) is 1. The van der Waals surface area contributed by atoms with E-state index in [-0.39, 0.29) is 11.7 Å². The van der Waals surface area contributed by atoms with Crippen LogP contribution in [0.25, 0.3) is 0 Å². The molecule has 0 aromatic carbocycles. The fraction of sp³-hybridized carbons (Fsp3) is 0. The van der Waals surface area contributed by atoms with Crippen molar-refractivity contribution in [1.29, 1.82) is 0 Å². The Kier molecular flexibility index (Phi) is 2.65. The Morgan fingerprint density at radius 1 is 1.75 bits per heavy atom. The van der Waals surface area contributed by atoms with E-state index in [1.54, 1.807) is 0 Å². The van der Waals surface area contributed by atoms with Gasteiger partial charge in [0.05, 0.1) is 0 Å². The summed E-state index contributed by atoms with van der Waals surface area (Å²) in [6, 6.07) is 1.33. The van der Waals surface area contributed by atoms with Crippen LogP contribution >= 0.6 is 12.2 Å². The highest BCUT2D eigenvalue weighted by Gasteiger charge is 2.01. The van der Waals surface area contributed by atoms with Gasteiger partial charge in [0.15, 0.2) is 5.82 Å². The molecule has 6 heteroatoms. The molecule has 12 heavy (non-hydrogen) atoms. The quantitative estimate of drug-likeness (QED) is 0.543. The molecule has 1 N–H and O–H groups in total. The van der Waals surface area contributed by atoms with E-state index in [1.807, 2.05) is 0 Å². The Morgan fingerprint density at radius 3 is 3.08 bits per heavy atom. The number of aromatic nitrogens is 2. The smallest absolute Gasteiger partial charge is 0.449 e. The predicted octanol–water partition coefficient (Wildman–Crippen LogP) is 0.881. The normalized spacial score (nSPS) is 9.00. The fourth-order valence-electron chi connectivity index (χ4n) is 0.560. The molecule has 1 aromatic heterocycles. The van der Waals surface area contributed by atoms with Crippen molar-refractivity contribution >= 4 is 23.7 Å². The molecule has 5 nitrogen and oxygen atoms in total. The van der Waals surface area contributed by atoms with E-state index in [0.717, 1.165) is 0 Å². The summed E-state index contributed by atoms with van der Waals surface area (Å²) in [5.41, 5.74) is 0. The molecule has 1 aromatic rings. The van der Waals surface area contributed by atoms with E-state index in [9.17, 15) is 4.79 Å². The van der Waals surface area contributed by atoms with Crippen molar-refractivity contribution in [2.24, 2.45) is 0 Å². The minimum Gasteiger partial charge on any atom is -0.449 e. The van der Waals surface area contributed by atoms with E-state index in [0.29, 0.717) is 0 Å². The molecular formula is C6H4N2O3S. The van der Waals surface area contributed by atoms with Crippen molar-refractivity contribution in [2.75, 3.05) is 0 Å². The number of carbonyl (C=O) groups is 1. The van der Waals surface area contributed by atoms with Gasteiger partial charge >= 0.3 is 6.16 Å². The molecule has 0 aliphatic carbocycles. The zero-order chi connectivity index (χ0) is 8.97. The standard InChI is InChI=1S/C6H4N2O3S/c9-6(10)11-5-1-2-7-4(3-12)8-5/h1-3H,(H,9,10). The summed E-state index contributed by atoms with van der Waals surface area (Å²) in [7, 11) is 0. The molecule has 0 saturated carbocycles. The van der Waals surface area contributed by atoms with Gasteiger partial charge in [0, 0.05) is 17.6 Å².